The average molecular weight is 804 g/mol. The van der Waals surface area contributed by atoms with Crippen molar-refractivity contribution in [3.8, 4) is 33.4 Å². The molecule has 13 aromatic rings. The lowest BCUT2D eigenvalue weighted by Crippen LogP contribution is -2.10. The van der Waals surface area contributed by atoms with Crippen molar-refractivity contribution in [1.29, 1.82) is 0 Å². The summed E-state index contributed by atoms with van der Waals surface area (Å²) < 4.78 is 12.9. The summed E-state index contributed by atoms with van der Waals surface area (Å²) in [6.45, 7) is 0. The summed E-state index contributed by atoms with van der Waals surface area (Å²) in [5.74, 6) is 0. The van der Waals surface area contributed by atoms with Crippen LogP contribution in [0.15, 0.2) is 233 Å². The van der Waals surface area contributed by atoms with Gasteiger partial charge in [0.25, 0.3) is 0 Å². The fraction of sp³-hybridized carbons (Fsp3) is 0. The van der Waals surface area contributed by atoms with Crippen LogP contribution in [0.1, 0.15) is 0 Å². The zero-order chi connectivity index (χ0) is 41.4. The molecule has 0 saturated heterocycles. The molecule has 0 spiro atoms. The van der Waals surface area contributed by atoms with Crippen LogP contribution in [0.25, 0.3) is 110 Å². The monoisotopic (exact) mass is 803 g/mol. The molecule has 0 amide bonds. The van der Waals surface area contributed by atoms with E-state index in [9.17, 15) is 0 Å². The van der Waals surface area contributed by atoms with Gasteiger partial charge in [-0.2, -0.15) is 0 Å². The number of hydrogen-bond acceptors (Lipinski definition) is 3. The number of rotatable bonds is 6. The molecule has 3 heteroatoms. The van der Waals surface area contributed by atoms with Crippen molar-refractivity contribution in [3.63, 3.8) is 0 Å². The van der Waals surface area contributed by atoms with Gasteiger partial charge in [-0.25, -0.2) is 0 Å². The number of anilines is 3. The molecule has 0 saturated carbocycles. The Kier molecular flexibility index (Phi) is 7.91. The van der Waals surface area contributed by atoms with Crippen LogP contribution in [-0.4, -0.2) is 0 Å². The maximum Gasteiger partial charge on any atom is 0.143 e. The van der Waals surface area contributed by atoms with Gasteiger partial charge in [0.1, 0.15) is 22.3 Å². The van der Waals surface area contributed by atoms with Crippen LogP contribution in [0, 0.1) is 0 Å². The smallest absolute Gasteiger partial charge is 0.143 e. The second kappa shape index (κ2) is 14.1. The molecule has 0 atom stereocenters. The number of furan rings is 2. The van der Waals surface area contributed by atoms with Crippen LogP contribution in [-0.2, 0) is 0 Å². The molecule has 63 heavy (non-hydrogen) atoms. The first-order valence-electron chi connectivity index (χ1n) is 21.5. The number of nitrogens with zero attached hydrogens (tertiary/aromatic N) is 1. The Morgan fingerprint density at radius 3 is 1.62 bits per heavy atom. The van der Waals surface area contributed by atoms with Crippen molar-refractivity contribution in [2.45, 2.75) is 0 Å². The van der Waals surface area contributed by atoms with Crippen LogP contribution in [0.5, 0.6) is 0 Å². The van der Waals surface area contributed by atoms with Gasteiger partial charge in [-0.05, 0) is 133 Å². The Hall–Kier alpha value is -8.40. The number of benzene rings is 11. The minimum Gasteiger partial charge on any atom is -0.456 e. The van der Waals surface area contributed by atoms with Crippen molar-refractivity contribution in [2.24, 2.45) is 0 Å². The van der Waals surface area contributed by atoms with Crippen molar-refractivity contribution in [2.75, 3.05) is 4.90 Å². The lowest BCUT2D eigenvalue weighted by Gasteiger charge is -2.26. The summed E-state index contributed by atoms with van der Waals surface area (Å²) in [6, 6.07) is 80.6. The first kappa shape index (κ1) is 35.4. The largest absolute Gasteiger partial charge is 0.456 e. The molecular weight excluding hydrogens is 767 g/mol. The first-order valence-corrected chi connectivity index (χ1v) is 21.5. The van der Waals surface area contributed by atoms with Crippen LogP contribution in [0.4, 0.5) is 17.1 Å². The quantitative estimate of drug-likeness (QED) is 0.157. The first-order chi connectivity index (χ1) is 31.2. The molecule has 13 rings (SSSR count). The van der Waals surface area contributed by atoms with Gasteiger partial charge in [0, 0.05) is 44.0 Å². The van der Waals surface area contributed by atoms with Gasteiger partial charge in [-0.15, -0.1) is 0 Å². The molecule has 294 valence electrons. The second-order valence-corrected chi connectivity index (χ2v) is 16.5. The van der Waals surface area contributed by atoms with Gasteiger partial charge in [0.15, 0.2) is 0 Å². The zero-order valence-electron chi connectivity index (χ0n) is 34.1. The summed E-state index contributed by atoms with van der Waals surface area (Å²) in [4.78, 5) is 2.35. The molecule has 0 unspecified atom stereocenters. The third-order valence-electron chi connectivity index (χ3n) is 12.8. The Morgan fingerprint density at radius 2 is 0.825 bits per heavy atom. The van der Waals surface area contributed by atoms with Crippen molar-refractivity contribution in [3.05, 3.63) is 224 Å². The van der Waals surface area contributed by atoms with Gasteiger partial charge in [0.2, 0.25) is 0 Å². The fourth-order valence-corrected chi connectivity index (χ4v) is 9.76. The molecule has 0 fully saturated rings. The lowest BCUT2D eigenvalue weighted by molar-refractivity contribution is 0.669. The molecule has 0 radical (unpaired) electrons. The standard InChI is InChI=1S/C60H37NO2/c1-3-13-49-40(9-1)19-20-45-35-42(26-32-50(45)49)38-21-28-46(29-22-38)61(47-30-23-39(24-31-47)43-27-33-54-53-15-5-6-17-56(53)62-58(54)37-43)48-12-7-11-44(36-48)51-16-8-18-57-59(51)55-34-25-41-10-2-4-14-52(41)60(55)63-57/h1-37H. The van der Waals surface area contributed by atoms with Gasteiger partial charge in [-0.3, -0.25) is 0 Å². The Balaban J connectivity index is 0.919. The normalized spacial score (nSPS) is 11.8. The molecule has 0 aliphatic rings. The third-order valence-corrected chi connectivity index (χ3v) is 12.8. The summed E-state index contributed by atoms with van der Waals surface area (Å²) in [6.07, 6.45) is 0. The molecule has 0 N–H and O–H groups in total. The predicted octanol–water partition coefficient (Wildman–Crippen LogP) is 17.4. The molecule has 2 heterocycles. The number of fused-ring (bicyclic) bond motifs is 11. The Bertz CT molecular complexity index is 3910. The highest BCUT2D eigenvalue weighted by molar-refractivity contribution is 6.19. The Labute approximate surface area is 363 Å². The summed E-state index contributed by atoms with van der Waals surface area (Å²) >= 11 is 0. The van der Waals surface area contributed by atoms with E-state index in [4.69, 9.17) is 8.83 Å². The second-order valence-electron chi connectivity index (χ2n) is 16.5. The summed E-state index contributed by atoms with van der Waals surface area (Å²) in [5, 5.41) is 11.9. The van der Waals surface area contributed by atoms with Crippen molar-refractivity contribution < 1.29 is 8.83 Å². The number of hydrogen-bond donors (Lipinski definition) is 0. The summed E-state index contributed by atoms with van der Waals surface area (Å²) in [5.41, 5.74) is 13.7. The highest BCUT2D eigenvalue weighted by Crippen LogP contribution is 2.43. The Morgan fingerprint density at radius 1 is 0.270 bits per heavy atom. The predicted molar refractivity (Wildman–Crippen MR) is 265 cm³/mol. The van der Waals surface area contributed by atoms with Gasteiger partial charge >= 0.3 is 0 Å². The molecule has 0 aliphatic carbocycles. The highest BCUT2D eigenvalue weighted by atomic mass is 16.3. The van der Waals surface area contributed by atoms with E-state index in [1.165, 1.54) is 38.1 Å². The molecule has 2 aromatic heterocycles. The number of para-hydroxylation sites is 1. The fourth-order valence-electron chi connectivity index (χ4n) is 9.76. The van der Waals surface area contributed by atoms with E-state index in [-0.39, 0.29) is 0 Å². The van der Waals surface area contributed by atoms with Crippen molar-refractivity contribution in [1.82, 2.24) is 0 Å². The summed E-state index contributed by atoms with van der Waals surface area (Å²) in [7, 11) is 0. The molecule has 11 aromatic carbocycles. The minimum atomic E-state index is 0.884. The molecule has 0 aliphatic heterocycles. The van der Waals surface area contributed by atoms with E-state index in [1.807, 2.05) is 12.1 Å². The van der Waals surface area contributed by atoms with Crippen LogP contribution in [0.3, 0.4) is 0 Å². The van der Waals surface area contributed by atoms with Crippen LogP contribution >= 0.6 is 0 Å². The molecule has 0 bridgehead atoms. The van der Waals surface area contributed by atoms with E-state index in [2.05, 4.69) is 217 Å². The van der Waals surface area contributed by atoms with Gasteiger partial charge in [-0.1, -0.05) is 152 Å². The van der Waals surface area contributed by atoms with E-state index < -0.39 is 0 Å². The van der Waals surface area contributed by atoms with Crippen LogP contribution < -0.4 is 4.90 Å². The average Bonchev–Trinajstić information content (AvgIpc) is 3.93. The van der Waals surface area contributed by atoms with E-state index >= 15 is 0 Å². The van der Waals surface area contributed by atoms with E-state index in [0.29, 0.717) is 0 Å². The van der Waals surface area contributed by atoms with Gasteiger partial charge < -0.3 is 13.7 Å². The maximum absolute atomic E-state index is 6.60. The SMILES string of the molecule is c1cc(-c2cccc3oc4c5ccccc5ccc4c23)cc(N(c2ccc(-c3ccc4c(ccc5ccccc54)c3)cc2)c2ccc(-c3ccc4c(c3)oc3ccccc34)cc2)c1. The maximum atomic E-state index is 6.60. The molecule has 3 nitrogen and oxygen atoms in total. The van der Waals surface area contributed by atoms with Crippen molar-refractivity contribution >= 4 is 93.3 Å². The molecular formula is C60H37NO2. The highest BCUT2D eigenvalue weighted by Gasteiger charge is 2.18. The van der Waals surface area contributed by atoms with E-state index in [1.54, 1.807) is 0 Å². The minimum absolute atomic E-state index is 0.884. The lowest BCUT2D eigenvalue weighted by atomic mass is 9.97. The topological polar surface area (TPSA) is 29.5 Å². The van der Waals surface area contributed by atoms with E-state index in [0.717, 1.165) is 88.6 Å². The van der Waals surface area contributed by atoms with Gasteiger partial charge in [0.05, 0.1) is 0 Å². The van der Waals surface area contributed by atoms with Crippen LogP contribution in [0.2, 0.25) is 0 Å². The third kappa shape index (κ3) is 5.82. The zero-order valence-corrected chi connectivity index (χ0v) is 34.1.